The average Bonchev–Trinajstić information content (AvgIpc) is 3.63. The second kappa shape index (κ2) is 10.5. The Bertz CT molecular complexity index is 1310. The monoisotopic (exact) mass is 476 g/mol. The lowest BCUT2D eigenvalue weighted by molar-refractivity contribution is 0.0878. The molecular formula is C26H32N6O3. The van der Waals surface area contributed by atoms with Gasteiger partial charge < -0.3 is 14.1 Å². The molecule has 1 N–H and O–H groups in total. The number of furan rings is 1. The number of para-hydroxylation sites is 1. The maximum absolute atomic E-state index is 13.1. The Morgan fingerprint density at radius 1 is 1.26 bits per heavy atom. The van der Waals surface area contributed by atoms with E-state index in [0.29, 0.717) is 25.2 Å². The Morgan fingerprint density at radius 3 is 2.94 bits per heavy atom. The van der Waals surface area contributed by atoms with Crippen LogP contribution in [0, 0.1) is 6.92 Å². The molecule has 1 aromatic carbocycles. The number of tetrazole rings is 1. The number of hydrogen-bond acceptors (Lipinski definition) is 7. The highest BCUT2D eigenvalue weighted by Crippen LogP contribution is 2.29. The van der Waals surface area contributed by atoms with Gasteiger partial charge in [-0.3, -0.25) is 9.69 Å². The molecule has 3 aromatic heterocycles. The first-order valence-corrected chi connectivity index (χ1v) is 12.4. The molecular weight excluding hydrogens is 444 g/mol. The number of nitrogens with one attached hydrogen (secondary N) is 1. The maximum Gasteiger partial charge on any atom is 0.252 e. The van der Waals surface area contributed by atoms with Gasteiger partial charge in [-0.1, -0.05) is 31.5 Å². The number of rotatable bonds is 10. The molecule has 184 valence electrons. The van der Waals surface area contributed by atoms with Gasteiger partial charge in [-0.05, 0) is 65.8 Å². The molecule has 4 heterocycles. The van der Waals surface area contributed by atoms with Gasteiger partial charge >= 0.3 is 0 Å². The van der Waals surface area contributed by atoms with Crippen molar-refractivity contribution in [2.75, 3.05) is 6.61 Å². The molecule has 0 amide bonds. The summed E-state index contributed by atoms with van der Waals surface area (Å²) in [6, 6.07) is 11.8. The predicted octanol–water partition coefficient (Wildman–Crippen LogP) is 4.14. The fourth-order valence-electron chi connectivity index (χ4n) is 4.95. The van der Waals surface area contributed by atoms with Gasteiger partial charge in [0.15, 0.2) is 5.82 Å². The summed E-state index contributed by atoms with van der Waals surface area (Å²) in [5.74, 6) is 1.62. The average molecular weight is 477 g/mol. The van der Waals surface area contributed by atoms with Gasteiger partial charge in [0.25, 0.3) is 5.56 Å². The third-order valence-electron chi connectivity index (χ3n) is 6.74. The number of pyridine rings is 1. The first kappa shape index (κ1) is 23.4. The van der Waals surface area contributed by atoms with E-state index in [-0.39, 0.29) is 17.7 Å². The van der Waals surface area contributed by atoms with E-state index in [9.17, 15) is 4.79 Å². The third kappa shape index (κ3) is 5.21. The largest absolute Gasteiger partial charge is 0.468 e. The molecule has 2 atom stereocenters. The molecule has 0 radical (unpaired) electrons. The van der Waals surface area contributed by atoms with Crippen molar-refractivity contribution in [2.24, 2.45) is 0 Å². The Balaban J connectivity index is 1.50. The molecule has 0 bridgehead atoms. The van der Waals surface area contributed by atoms with Crippen LogP contribution < -0.4 is 5.56 Å². The van der Waals surface area contributed by atoms with Crippen LogP contribution in [0.25, 0.3) is 10.9 Å². The highest BCUT2D eigenvalue weighted by molar-refractivity contribution is 5.81. The minimum Gasteiger partial charge on any atom is -0.468 e. The van der Waals surface area contributed by atoms with Gasteiger partial charge in [-0.2, -0.15) is 0 Å². The van der Waals surface area contributed by atoms with Crippen LogP contribution in [0.4, 0.5) is 0 Å². The summed E-state index contributed by atoms with van der Waals surface area (Å²) in [6.07, 6.45) is 5.67. The second-order valence-corrected chi connectivity index (χ2v) is 9.31. The lowest BCUT2D eigenvalue weighted by atomic mass is 10.1. The number of aromatic amines is 1. The summed E-state index contributed by atoms with van der Waals surface area (Å²) in [4.78, 5) is 18.5. The van der Waals surface area contributed by atoms with E-state index in [1.165, 1.54) is 0 Å². The first-order valence-electron chi connectivity index (χ1n) is 12.4. The summed E-state index contributed by atoms with van der Waals surface area (Å²) < 4.78 is 13.4. The molecule has 1 aliphatic rings. The predicted molar refractivity (Wildman–Crippen MR) is 132 cm³/mol. The van der Waals surface area contributed by atoms with E-state index < -0.39 is 0 Å². The highest BCUT2D eigenvalue weighted by Gasteiger charge is 2.29. The number of ether oxygens (including phenoxy) is 1. The summed E-state index contributed by atoms with van der Waals surface area (Å²) >= 11 is 0. The van der Waals surface area contributed by atoms with E-state index in [1.54, 1.807) is 6.26 Å². The number of fused-ring (bicyclic) bond motifs is 1. The number of H-pyrrole nitrogens is 1. The minimum absolute atomic E-state index is 0.0783. The molecule has 5 rings (SSSR count). The van der Waals surface area contributed by atoms with Crippen LogP contribution in [0.1, 0.15) is 61.4 Å². The summed E-state index contributed by atoms with van der Waals surface area (Å²) in [6.45, 7) is 6.56. The Kier molecular flexibility index (Phi) is 7.06. The fraction of sp³-hybridized carbons (Fsp3) is 0.462. The van der Waals surface area contributed by atoms with Gasteiger partial charge in [0.2, 0.25) is 0 Å². The molecule has 1 fully saturated rings. The quantitative estimate of drug-likeness (QED) is 0.367. The molecule has 35 heavy (non-hydrogen) atoms. The first-order chi connectivity index (χ1) is 17.1. The van der Waals surface area contributed by atoms with Crippen LogP contribution in [-0.2, 0) is 24.4 Å². The van der Waals surface area contributed by atoms with Crippen molar-refractivity contribution >= 4 is 10.9 Å². The van der Waals surface area contributed by atoms with Crippen molar-refractivity contribution in [2.45, 2.75) is 71.3 Å². The minimum atomic E-state index is -0.0888. The van der Waals surface area contributed by atoms with Gasteiger partial charge in [0, 0.05) is 18.7 Å². The van der Waals surface area contributed by atoms with Crippen LogP contribution in [0.5, 0.6) is 0 Å². The van der Waals surface area contributed by atoms with Crippen LogP contribution >= 0.6 is 0 Å². The molecule has 1 aliphatic heterocycles. The van der Waals surface area contributed by atoms with Crippen molar-refractivity contribution in [1.29, 1.82) is 0 Å². The Hall–Kier alpha value is -3.30. The van der Waals surface area contributed by atoms with Crippen molar-refractivity contribution in [3.05, 3.63) is 75.7 Å². The number of hydrogen-bond donors (Lipinski definition) is 1. The molecule has 0 saturated carbocycles. The SMILES string of the molecule is CCC[C@H](c1nnnn1C[C@H]1CCCO1)N(Cc1ccco1)Cc1cc2cccc(C)c2[nH]c1=O. The summed E-state index contributed by atoms with van der Waals surface area (Å²) in [7, 11) is 0. The molecule has 1 saturated heterocycles. The number of nitrogens with zero attached hydrogens (tertiary/aromatic N) is 5. The van der Waals surface area contributed by atoms with Crippen molar-refractivity contribution in [1.82, 2.24) is 30.1 Å². The molecule has 4 aromatic rings. The molecule has 0 spiro atoms. The van der Waals surface area contributed by atoms with Gasteiger partial charge in [-0.15, -0.1) is 5.10 Å². The van der Waals surface area contributed by atoms with Crippen molar-refractivity contribution < 1.29 is 9.15 Å². The van der Waals surface area contributed by atoms with E-state index >= 15 is 0 Å². The molecule has 9 heteroatoms. The molecule has 0 unspecified atom stereocenters. The van der Waals surface area contributed by atoms with Gasteiger partial charge in [0.1, 0.15) is 5.76 Å². The smallest absolute Gasteiger partial charge is 0.252 e. The number of aryl methyl sites for hydroxylation is 1. The van der Waals surface area contributed by atoms with Crippen molar-refractivity contribution in [3.63, 3.8) is 0 Å². The van der Waals surface area contributed by atoms with Crippen LogP contribution in [0.2, 0.25) is 0 Å². The Labute approximate surface area is 204 Å². The topological polar surface area (TPSA) is 102 Å². The van der Waals surface area contributed by atoms with E-state index in [1.807, 2.05) is 48.0 Å². The fourth-order valence-corrected chi connectivity index (χ4v) is 4.95. The van der Waals surface area contributed by atoms with Crippen LogP contribution in [0.3, 0.4) is 0 Å². The van der Waals surface area contributed by atoms with E-state index in [2.05, 4.69) is 32.3 Å². The maximum atomic E-state index is 13.1. The van der Waals surface area contributed by atoms with E-state index in [4.69, 9.17) is 9.15 Å². The number of aromatic nitrogens is 5. The van der Waals surface area contributed by atoms with Crippen LogP contribution in [-0.4, -0.2) is 42.8 Å². The zero-order valence-electron chi connectivity index (χ0n) is 20.3. The lowest BCUT2D eigenvalue weighted by Crippen LogP contribution is -2.33. The zero-order chi connectivity index (χ0) is 24.2. The van der Waals surface area contributed by atoms with Crippen LogP contribution in [0.15, 0.2) is 51.9 Å². The lowest BCUT2D eigenvalue weighted by Gasteiger charge is -2.30. The standard InChI is InChI=1S/C26H32N6O3/c1-3-7-23(25-28-29-30-32(25)17-22-11-6-13-35-22)31(16-21-10-5-12-34-21)15-20-14-19-9-4-8-18(2)24(19)27-26(20)33/h4-5,8-10,12,14,22-23H,3,6-7,11,13,15-17H2,1-2H3,(H,27,33)/t22-,23-/m1/s1. The Morgan fingerprint density at radius 2 is 2.17 bits per heavy atom. The highest BCUT2D eigenvalue weighted by atomic mass is 16.5. The van der Waals surface area contributed by atoms with Gasteiger partial charge in [0.05, 0.1) is 37.0 Å². The van der Waals surface area contributed by atoms with E-state index in [0.717, 1.165) is 60.3 Å². The normalized spacial score (nSPS) is 16.9. The van der Waals surface area contributed by atoms with Crippen molar-refractivity contribution in [3.8, 4) is 0 Å². The zero-order valence-corrected chi connectivity index (χ0v) is 20.3. The van der Waals surface area contributed by atoms with Gasteiger partial charge in [-0.25, -0.2) is 4.68 Å². The third-order valence-corrected chi connectivity index (χ3v) is 6.74. The molecule has 9 nitrogen and oxygen atoms in total. The summed E-state index contributed by atoms with van der Waals surface area (Å²) in [5, 5.41) is 13.8. The molecule has 0 aliphatic carbocycles. The number of benzene rings is 1. The summed E-state index contributed by atoms with van der Waals surface area (Å²) in [5.41, 5.74) is 2.56. The second-order valence-electron chi connectivity index (χ2n) is 9.31.